The number of carbonyl (C=O) groups is 1. The number of carbonyl (C=O) groups excluding carboxylic acids is 1. The number of phenolic OH excluding ortho intramolecular Hbond substituents is 1. The van der Waals surface area contributed by atoms with Gasteiger partial charge >= 0.3 is 0 Å². The molecule has 0 radical (unpaired) electrons. The molecule has 1 N–H and O–H groups in total. The number of amides is 1. The van der Waals surface area contributed by atoms with E-state index in [2.05, 4.69) is 6.92 Å². The molecule has 1 amide bonds. The van der Waals surface area contributed by atoms with E-state index in [1.807, 2.05) is 0 Å². The lowest BCUT2D eigenvalue weighted by molar-refractivity contribution is 0.0756. The topological polar surface area (TPSA) is 40.5 Å². The predicted molar refractivity (Wildman–Crippen MR) is 76.2 cm³/mol. The molecule has 1 heterocycles. The summed E-state index contributed by atoms with van der Waals surface area (Å²) < 4.78 is 13.2. The van der Waals surface area contributed by atoms with Gasteiger partial charge in [0.25, 0.3) is 5.91 Å². The lowest BCUT2D eigenvalue weighted by atomic mass is 9.96. The van der Waals surface area contributed by atoms with Gasteiger partial charge in [-0.2, -0.15) is 0 Å². The van der Waals surface area contributed by atoms with Gasteiger partial charge in [0.1, 0.15) is 11.6 Å². The Morgan fingerprint density at radius 3 is 2.95 bits per heavy atom. The summed E-state index contributed by atoms with van der Waals surface area (Å²) in [6.07, 6.45) is 5.49. The van der Waals surface area contributed by atoms with Gasteiger partial charge < -0.3 is 10.0 Å². The van der Waals surface area contributed by atoms with Crippen LogP contribution in [0, 0.1) is 11.7 Å². The number of hydrogen-bond acceptors (Lipinski definition) is 2. The van der Waals surface area contributed by atoms with Crippen LogP contribution in [0.5, 0.6) is 5.75 Å². The van der Waals surface area contributed by atoms with Crippen LogP contribution in [0.1, 0.15) is 49.4 Å². The lowest BCUT2D eigenvalue weighted by Gasteiger charge is -2.21. The summed E-state index contributed by atoms with van der Waals surface area (Å²) >= 11 is 0. The van der Waals surface area contributed by atoms with Crippen LogP contribution < -0.4 is 0 Å². The third-order valence-electron chi connectivity index (χ3n) is 4.02. The summed E-state index contributed by atoms with van der Waals surface area (Å²) in [5.41, 5.74) is 0.0685. The molecule has 1 aliphatic heterocycles. The molecule has 0 aliphatic carbocycles. The van der Waals surface area contributed by atoms with E-state index in [0.29, 0.717) is 19.0 Å². The highest BCUT2D eigenvalue weighted by atomic mass is 19.1. The van der Waals surface area contributed by atoms with Gasteiger partial charge in [0.2, 0.25) is 0 Å². The summed E-state index contributed by atoms with van der Waals surface area (Å²) in [4.78, 5) is 14.1. The van der Waals surface area contributed by atoms with Gasteiger partial charge in [0.05, 0.1) is 5.56 Å². The van der Waals surface area contributed by atoms with E-state index in [1.54, 1.807) is 4.90 Å². The molecular weight excluding hydrogens is 257 g/mol. The van der Waals surface area contributed by atoms with Crippen molar-refractivity contribution < 1.29 is 14.3 Å². The van der Waals surface area contributed by atoms with Crippen molar-refractivity contribution in [2.24, 2.45) is 5.92 Å². The summed E-state index contributed by atoms with van der Waals surface area (Å²) in [6.45, 7) is 3.56. The van der Waals surface area contributed by atoms with Crippen molar-refractivity contribution in [2.75, 3.05) is 13.1 Å². The van der Waals surface area contributed by atoms with Gasteiger partial charge in [-0.05, 0) is 43.4 Å². The smallest absolute Gasteiger partial charge is 0.257 e. The van der Waals surface area contributed by atoms with E-state index in [-0.39, 0.29) is 17.2 Å². The second kappa shape index (κ2) is 6.73. The normalized spacial score (nSPS) is 19.7. The van der Waals surface area contributed by atoms with Crippen LogP contribution in [0.3, 0.4) is 0 Å². The van der Waals surface area contributed by atoms with Gasteiger partial charge in [-0.15, -0.1) is 0 Å². The Hall–Kier alpha value is -1.58. The third kappa shape index (κ3) is 3.50. The molecule has 0 saturated carbocycles. The minimum atomic E-state index is -0.496. The third-order valence-corrected chi connectivity index (χ3v) is 4.02. The Bertz CT molecular complexity index is 476. The predicted octanol–water partition coefficient (Wildman–Crippen LogP) is 3.57. The molecule has 0 aromatic heterocycles. The highest BCUT2D eigenvalue weighted by Gasteiger charge is 2.23. The number of nitrogens with zero attached hydrogens (tertiary/aromatic N) is 1. The second-order valence-corrected chi connectivity index (χ2v) is 5.54. The number of likely N-dealkylation sites (tertiary alicyclic amines) is 1. The quantitative estimate of drug-likeness (QED) is 0.918. The van der Waals surface area contributed by atoms with Crippen molar-refractivity contribution in [3.8, 4) is 5.75 Å². The Morgan fingerprint density at radius 2 is 2.20 bits per heavy atom. The van der Waals surface area contributed by atoms with Crippen LogP contribution in [-0.4, -0.2) is 29.0 Å². The minimum absolute atomic E-state index is 0.0685. The summed E-state index contributed by atoms with van der Waals surface area (Å²) in [5, 5.41) is 9.73. The van der Waals surface area contributed by atoms with Crippen molar-refractivity contribution in [3.63, 3.8) is 0 Å². The number of hydrogen-bond donors (Lipinski definition) is 1. The van der Waals surface area contributed by atoms with Crippen molar-refractivity contribution >= 4 is 5.91 Å². The molecule has 20 heavy (non-hydrogen) atoms. The average molecular weight is 279 g/mol. The number of benzene rings is 1. The molecule has 1 saturated heterocycles. The van der Waals surface area contributed by atoms with Crippen molar-refractivity contribution in [3.05, 3.63) is 29.6 Å². The zero-order valence-electron chi connectivity index (χ0n) is 11.9. The second-order valence-electron chi connectivity index (χ2n) is 5.54. The molecule has 3 nitrogen and oxygen atoms in total. The molecule has 1 unspecified atom stereocenters. The lowest BCUT2D eigenvalue weighted by Crippen LogP contribution is -2.32. The largest absolute Gasteiger partial charge is 0.507 e. The zero-order valence-corrected chi connectivity index (χ0v) is 11.9. The SMILES string of the molecule is CCCC1CCCN(C(=O)c2cc(F)ccc2O)CC1. The fourth-order valence-electron chi connectivity index (χ4n) is 2.92. The van der Waals surface area contributed by atoms with Crippen LogP contribution in [-0.2, 0) is 0 Å². The number of rotatable bonds is 3. The Labute approximate surface area is 119 Å². The minimum Gasteiger partial charge on any atom is -0.507 e. The van der Waals surface area contributed by atoms with Gasteiger partial charge in [-0.3, -0.25) is 4.79 Å². The van der Waals surface area contributed by atoms with E-state index in [9.17, 15) is 14.3 Å². The molecule has 1 aromatic rings. The van der Waals surface area contributed by atoms with E-state index >= 15 is 0 Å². The molecule has 1 atom stereocenters. The van der Waals surface area contributed by atoms with Crippen LogP contribution in [0.2, 0.25) is 0 Å². The summed E-state index contributed by atoms with van der Waals surface area (Å²) in [6, 6.07) is 3.51. The molecule has 1 aliphatic rings. The first-order valence-corrected chi connectivity index (χ1v) is 7.39. The van der Waals surface area contributed by atoms with E-state index < -0.39 is 5.82 Å². The van der Waals surface area contributed by atoms with Crippen molar-refractivity contribution in [1.82, 2.24) is 4.90 Å². The van der Waals surface area contributed by atoms with Crippen LogP contribution in [0.15, 0.2) is 18.2 Å². The number of halogens is 1. The highest BCUT2D eigenvalue weighted by Crippen LogP contribution is 2.25. The Balaban J connectivity index is 2.07. The fraction of sp³-hybridized carbons (Fsp3) is 0.562. The number of phenols is 1. The zero-order chi connectivity index (χ0) is 14.5. The van der Waals surface area contributed by atoms with Crippen LogP contribution in [0.4, 0.5) is 4.39 Å². The monoisotopic (exact) mass is 279 g/mol. The van der Waals surface area contributed by atoms with Crippen molar-refractivity contribution in [1.29, 1.82) is 0 Å². The molecule has 1 aromatic carbocycles. The molecule has 110 valence electrons. The van der Waals surface area contributed by atoms with Gasteiger partial charge in [-0.1, -0.05) is 19.8 Å². The van der Waals surface area contributed by atoms with Crippen LogP contribution >= 0.6 is 0 Å². The molecule has 1 fully saturated rings. The summed E-state index contributed by atoms with van der Waals surface area (Å²) in [7, 11) is 0. The van der Waals surface area contributed by atoms with Gasteiger partial charge in [-0.25, -0.2) is 4.39 Å². The average Bonchev–Trinajstić information content (AvgIpc) is 2.67. The first-order chi connectivity index (χ1) is 9.61. The molecule has 0 spiro atoms. The maximum absolute atomic E-state index is 13.2. The summed E-state index contributed by atoms with van der Waals surface area (Å²) in [5.74, 6) is -0.228. The highest BCUT2D eigenvalue weighted by molar-refractivity contribution is 5.96. The first-order valence-electron chi connectivity index (χ1n) is 7.39. The maximum Gasteiger partial charge on any atom is 0.257 e. The fourth-order valence-corrected chi connectivity index (χ4v) is 2.92. The van der Waals surface area contributed by atoms with Crippen molar-refractivity contribution in [2.45, 2.75) is 39.0 Å². The molecular formula is C16H22FNO2. The van der Waals surface area contributed by atoms with E-state index in [4.69, 9.17) is 0 Å². The first kappa shape index (κ1) is 14.8. The molecule has 0 bridgehead atoms. The Kier molecular flexibility index (Phi) is 4.99. The number of aromatic hydroxyl groups is 1. The molecule has 4 heteroatoms. The van der Waals surface area contributed by atoms with Gasteiger partial charge in [0, 0.05) is 13.1 Å². The van der Waals surface area contributed by atoms with E-state index in [0.717, 1.165) is 31.4 Å². The standard InChI is InChI=1S/C16H22FNO2/c1-2-4-12-5-3-9-18(10-8-12)16(20)14-11-13(17)6-7-15(14)19/h6-7,11-12,19H,2-5,8-10H2,1H3. The Morgan fingerprint density at radius 1 is 1.40 bits per heavy atom. The van der Waals surface area contributed by atoms with Crippen LogP contribution in [0.25, 0.3) is 0 Å². The maximum atomic E-state index is 13.2. The van der Waals surface area contributed by atoms with E-state index in [1.165, 1.54) is 18.9 Å². The van der Waals surface area contributed by atoms with Gasteiger partial charge in [0.15, 0.2) is 0 Å². The molecule has 2 rings (SSSR count).